The van der Waals surface area contributed by atoms with Crippen LogP contribution >= 0.6 is 0 Å². The Kier molecular flexibility index (Phi) is 6.01. The lowest BCUT2D eigenvalue weighted by molar-refractivity contribution is -0.121. The zero-order valence-electron chi connectivity index (χ0n) is 14.8. The summed E-state index contributed by atoms with van der Waals surface area (Å²) >= 11 is 0. The number of rotatable bonds is 6. The molecule has 138 valence electrons. The molecule has 0 bridgehead atoms. The number of carbonyl (C=O) groups excluding carboxylic acids is 2. The summed E-state index contributed by atoms with van der Waals surface area (Å²) < 4.78 is 1.70. The fraction of sp³-hybridized carbons (Fsp3) is 0.421. The molecule has 7 nitrogen and oxygen atoms in total. The normalized spacial score (nSPS) is 17.1. The van der Waals surface area contributed by atoms with Gasteiger partial charge in [0.15, 0.2) is 5.69 Å². The number of para-hydroxylation sites is 1. The first-order valence-electron chi connectivity index (χ1n) is 9.08. The summed E-state index contributed by atoms with van der Waals surface area (Å²) in [5.41, 5.74) is 6.74. The van der Waals surface area contributed by atoms with E-state index in [0.29, 0.717) is 31.7 Å². The molecular weight excluding hydrogens is 330 g/mol. The number of amides is 2. The van der Waals surface area contributed by atoms with Crippen LogP contribution in [0.2, 0.25) is 0 Å². The van der Waals surface area contributed by atoms with Crippen molar-refractivity contribution >= 4 is 11.8 Å². The minimum absolute atomic E-state index is 0.000139. The average molecular weight is 355 g/mol. The van der Waals surface area contributed by atoms with Crippen LogP contribution in [0.5, 0.6) is 0 Å². The molecule has 2 heterocycles. The van der Waals surface area contributed by atoms with Crippen molar-refractivity contribution in [3.63, 3.8) is 0 Å². The Balaban J connectivity index is 1.68. The van der Waals surface area contributed by atoms with E-state index < -0.39 is 0 Å². The third-order valence-electron chi connectivity index (χ3n) is 4.62. The molecule has 0 aliphatic carbocycles. The van der Waals surface area contributed by atoms with Crippen molar-refractivity contribution in [2.45, 2.75) is 31.7 Å². The van der Waals surface area contributed by atoms with Gasteiger partial charge < -0.3 is 16.0 Å². The monoisotopic (exact) mass is 355 g/mol. The lowest BCUT2D eigenvalue weighted by Gasteiger charge is -2.35. The maximum atomic E-state index is 12.9. The lowest BCUT2D eigenvalue weighted by Crippen LogP contribution is -2.49. The number of nitrogens with one attached hydrogen (secondary N) is 1. The SMILES string of the molecule is NCCC(=O)NCC1CCCCN1C(=O)c1ccn(-c2ccccc2)n1. The summed E-state index contributed by atoms with van der Waals surface area (Å²) in [6.45, 7) is 1.48. The molecular formula is C19H25N5O2. The molecule has 1 aliphatic heterocycles. The van der Waals surface area contributed by atoms with Gasteiger partial charge in [-0.2, -0.15) is 5.10 Å². The highest BCUT2D eigenvalue weighted by atomic mass is 16.2. The summed E-state index contributed by atoms with van der Waals surface area (Å²) in [6.07, 6.45) is 5.01. The number of hydrogen-bond acceptors (Lipinski definition) is 4. The summed E-state index contributed by atoms with van der Waals surface area (Å²) in [4.78, 5) is 26.5. The Morgan fingerprint density at radius 3 is 2.77 bits per heavy atom. The molecule has 3 N–H and O–H groups in total. The molecule has 1 aliphatic rings. The number of nitrogens with zero attached hydrogens (tertiary/aromatic N) is 3. The van der Waals surface area contributed by atoms with Crippen LogP contribution in [0.4, 0.5) is 0 Å². The Labute approximate surface area is 153 Å². The molecule has 1 fully saturated rings. The van der Waals surface area contributed by atoms with E-state index in [9.17, 15) is 9.59 Å². The minimum Gasteiger partial charge on any atom is -0.354 e. The van der Waals surface area contributed by atoms with E-state index in [1.807, 2.05) is 35.2 Å². The molecule has 2 aromatic rings. The Bertz CT molecular complexity index is 743. The zero-order chi connectivity index (χ0) is 18.4. The number of aromatic nitrogens is 2. The quantitative estimate of drug-likeness (QED) is 0.817. The molecule has 26 heavy (non-hydrogen) atoms. The Hall–Kier alpha value is -2.67. The smallest absolute Gasteiger partial charge is 0.274 e. The predicted octanol–water partition coefficient (Wildman–Crippen LogP) is 1.33. The van der Waals surface area contributed by atoms with Crippen LogP contribution in [0.1, 0.15) is 36.2 Å². The number of hydrogen-bond donors (Lipinski definition) is 2. The molecule has 0 saturated carbocycles. The van der Waals surface area contributed by atoms with E-state index in [4.69, 9.17) is 5.73 Å². The fourth-order valence-corrected chi connectivity index (χ4v) is 3.24. The minimum atomic E-state index is -0.0857. The summed E-state index contributed by atoms with van der Waals surface area (Å²) in [6, 6.07) is 11.4. The van der Waals surface area contributed by atoms with Gasteiger partial charge in [-0.05, 0) is 37.5 Å². The van der Waals surface area contributed by atoms with E-state index in [1.165, 1.54) is 0 Å². The first-order valence-corrected chi connectivity index (χ1v) is 9.08. The van der Waals surface area contributed by atoms with Gasteiger partial charge in [0.2, 0.25) is 5.91 Å². The van der Waals surface area contributed by atoms with Gasteiger partial charge in [-0.25, -0.2) is 4.68 Å². The van der Waals surface area contributed by atoms with E-state index in [-0.39, 0.29) is 17.9 Å². The fourth-order valence-electron chi connectivity index (χ4n) is 3.24. The van der Waals surface area contributed by atoms with E-state index >= 15 is 0 Å². The second-order valence-corrected chi connectivity index (χ2v) is 6.47. The largest absolute Gasteiger partial charge is 0.354 e. The highest BCUT2D eigenvalue weighted by molar-refractivity contribution is 5.92. The van der Waals surface area contributed by atoms with E-state index in [1.54, 1.807) is 16.9 Å². The molecule has 7 heteroatoms. The third-order valence-corrected chi connectivity index (χ3v) is 4.62. The van der Waals surface area contributed by atoms with Crippen molar-refractivity contribution in [2.75, 3.05) is 19.6 Å². The molecule has 1 aromatic carbocycles. The number of carbonyl (C=O) groups is 2. The molecule has 3 rings (SSSR count). The van der Waals surface area contributed by atoms with Crippen molar-refractivity contribution in [3.05, 3.63) is 48.3 Å². The van der Waals surface area contributed by atoms with Gasteiger partial charge in [0.25, 0.3) is 5.91 Å². The molecule has 0 radical (unpaired) electrons. The van der Waals surface area contributed by atoms with Crippen LogP contribution in [0, 0.1) is 0 Å². The Morgan fingerprint density at radius 1 is 1.19 bits per heavy atom. The van der Waals surface area contributed by atoms with Crippen LogP contribution in [-0.4, -0.2) is 52.2 Å². The molecule has 2 amide bonds. The second kappa shape index (κ2) is 8.62. The molecule has 1 atom stereocenters. The average Bonchev–Trinajstić information content (AvgIpc) is 3.17. The van der Waals surface area contributed by atoms with Crippen LogP contribution in [0.25, 0.3) is 5.69 Å². The third kappa shape index (κ3) is 4.29. The summed E-state index contributed by atoms with van der Waals surface area (Å²) in [5, 5.41) is 7.32. The molecule has 0 spiro atoms. The van der Waals surface area contributed by atoms with Crippen molar-refractivity contribution < 1.29 is 9.59 Å². The van der Waals surface area contributed by atoms with Crippen molar-refractivity contribution in [2.24, 2.45) is 5.73 Å². The molecule has 1 saturated heterocycles. The van der Waals surface area contributed by atoms with Gasteiger partial charge in [0, 0.05) is 38.3 Å². The second-order valence-electron chi connectivity index (χ2n) is 6.47. The first-order chi connectivity index (χ1) is 12.7. The molecule has 1 unspecified atom stereocenters. The van der Waals surface area contributed by atoms with Crippen molar-refractivity contribution in [1.82, 2.24) is 20.0 Å². The predicted molar refractivity (Wildman–Crippen MR) is 98.9 cm³/mol. The highest BCUT2D eigenvalue weighted by Crippen LogP contribution is 2.19. The topological polar surface area (TPSA) is 93.3 Å². The van der Waals surface area contributed by atoms with E-state index in [2.05, 4.69) is 10.4 Å². The van der Waals surface area contributed by atoms with Gasteiger partial charge in [-0.15, -0.1) is 0 Å². The van der Waals surface area contributed by atoms with Crippen LogP contribution < -0.4 is 11.1 Å². The number of nitrogens with two attached hydrogens (primary N) is 1. The van der Waals surface area contributed by atoms with Gasteiger partial charge in [0.05, 0.1) is 5.69 Å². The van der Waals surface area contributed by atoms with Crippen LogP contribution in [0.15, 0.2) is 42.6 Å². The lowest BCUT2D eigenvalue weighted by atomic mass is 10.0. The number of benzene rings is 1. The maximum absolute atomic E-state index is 12.9. The highest BCUT2D eigenvalue weighted by Gasteiger charge is 2.29. The summed E-state index contributed by atoms with van der Waals surface area (Å²) in [5.74, 6) is -0.156. The standard InChI is InChI=1S/C19H25N5O2/c20-11-9-18(25)21-14-16-8-4-5-12-23(16)19(26)17-10-13-24(22-17)15-6-2-1-3-7-15/h1-3,6-7,10,13,16H,4-5,8-9,11-12,14,20H2,(H,21,25). The van der Waals surface area contributed by atoms with Crippen molar-refractivity contribution in [3.8, 4) is 5.69 Å². The van der Waals surface area contributed by atoms with Gasteiger partial charge in [-0.1, -0.05) is 18.2 Å². The van der Waals surface area contributed by atoms with Gasteiger partial charge in [0.1, 0.15) is 0 Å². The van der Waals surface area contributed by atoms with Crippen molar-refractivity contribution in [1.29, 1.82) is 0 Å². The maximum Gasteiger partial charge on any atom is 0.274 e. The number of likely N-dealkylation sites (tertiary alicyclic amines) is 1. The first kappa shape index (κ1) is 18.1. The zero-order valence-corrected chi connectivity index (χ0v) is 14.8. The molecule has 1 aromatic heterocycles. The Morgan fingerprint density at radius 2 is 2.00 bits per heavy atom. The van der Waals surface area contributed by atoms with Crippen LogP contribution in [-0.2, 0) is 4.79 Å². The van der Waals surface area contributed by atoms with Gasteiger partial charge in [-0.3, -0.25) is 9.59 Å². The van der Waals surface area contributed by atoms with E-state index in [0.717, 1.165) is 24.9 Å². The summed E-state index contributed by atoms with van der Waals surface area (Å²) in [7, 11) is 0. The number of piperidine rings is 1. The van der Waals surface area contributed by atoms with Gasteiger partial charge >= 0.3 is 0 Å². The van der Waals surface area contributed by atoms with Crippen LogP contribution in [0.3, 0.4) is 0 Å².